The van der Waals surface area contributed by atoms with Crippen LogP contribution in [0, 0.1) is 0 Å². The molecule has 0 amide bonds. The molecule has 0 aliphatic carbocycles. The third-order valence-electron chi connectivity index (χ3n) is 3.09. The Kier molecular flexibility index (Phi) is 4.06. The number of benzene rings is 1. The molecule has 1 aromatic heterocycles. The van der Waals surface area contributed by atoms with Crippen LogP contribution in [0.4, 0.5) is 0 Å². The van der Waals surface area contributed by atoms with Gasteiger partial charge in [-0.2, -0.15) is 12.7 Å². The maximum Gasteiger partial charge on any atom is 0.384 e. The van der Waals surface area contributed by atoms with Crippen molar-refractivity contribution in [3.05, 3.63) is 40.2 Å². The number of rotatable bonds is 3. The molecule has 0 aliphatic rings. The predicted octanol–water partition coefficient (Wildman–Crippen LogP) is 2.28. The van der Waals surface area contributed by atoms with Gasteiger partial charge in [-0.1, -0.05) is 20.8 Å². The molecule has 0 atom stereocenters. The summed E-state index contributed by atoms with van der Waals surface area (Å²) in [4.78, 5) is 12.2. The zero-order valence-electron chi connectivity index (χ0n) is 13.2. The molecule has 0 spiro atoms. The van der Waals surface area contributed by atoms with Gasteiger partial charge in [0.25, 0.3) is 0 Å². The van der Waals surface area contributed by atoms with E-state index in [4.69, 9.17) is 8.60 Å². The van der Waals surface area contributed by atoms with Gasteiger partial charge in [0, 0.05) is 25.6 Å². The molecule has 0 aliphatic heterocycles. The first-order valence-corrected chi connectivity index (χ1v) is 8.07. The second-order valence-corrected chi connectivity index (χ2v) is 7.96. The highest BCUT2D eigenvalue weighted by atomic mass is 32.2. The minimum absolute atomic E-state index is 0.0667. The number of fused-ring (bicyclic) bond motifs is 1. The largest absolute Gasteiger partial charge is 0.460 e. The molecule has 2 aromatic rings. The lowest BCUT2D eigenvalue weighted by molar-refractivity contribution is 0.417. The van der Waals surface area contributed by atoms with Crippen LogP contribution in [0.25, 0.3) is 11.0 Å². The van der Waals surface area contributed by atoms with Crippen LogP contribution in [0.1, 0.15) is 26.5 Å². The number of nitrogens with zero attached hydrogens (tertiary/aromatic N) is 1. The number of hydrogen-bond donors (Lipinski definition) is 0. The van der Waals surface area contributed by atoms with Gasteiger partial charge < -0.3 is 8.60 Å². The fourth-order valence-electron chi connectivity index (χ4n) is 1.75. The van der Waals surface area contributed by atoms with Gasteiger partial charge in [0.15, 0.2) is 5.43 Å². The Balaban J connectivity index is 2.53. The lowest BCUT2D eigenvalue weighted by Crippen LogP contribution is -2.27. The lowest BCUT2D eigenvalue weighted by atomic mass is 9.92. The summed E-state index contributed by atoms with van der Waals surface area (Å²) in [6.07, 6.45) is 0. The van der Waals surface area contributed by atoms with E-state index in [1.165, 1.54) is 38.4 Å². The molecule has 1 aromatic carbocycles. The summed E-state index contributed by atoms with van der Waals surface area (Å²) in [5, 5.41) is 0.277. The Hall–Kier alpha value is -1.86. The van der Waals surface area contributed by atoms with Crippen molar-refractivity contribution in [3.63, 3.8) is 0 Å². The van der Waals surface area contributed by atoms with Gasteiger partial charge in [-0.25, -0.2) is 0 Å². The molecule has 0 bridgehead atoms. The monoisotopic (exact) mass is 325 g/mol. The molecule has 0 saturated heterocycles. The standard InChI is InChI=1S/C15H19NO5S/c1-15(2,3)14-9-12(17)11-8-10(6-7-13(11)20-14)21-22(18,19)16(4)5/h6-9H,1-5H3. The zero-order chi connectivity index (χ0) is 16.7. The third kappa shape index (κ3) is 3.31. The molecule has 2 rings (SSSR count). The van der Waals surface area contributed by atoms with Gasteiger partial charge in [-0.05, 0) is 18.2 Å². The predicted molar refractivity (Wildman–Crippen MR) is 84.4 cm³/mol. The molecule has 0 saturated carbocycles. The van der Waals surface area contributed by atoms with Crippen molar-refractivity contribution in [1.82, 2.24) is 4.31 Å². The average molecular weight is 325 g/mol. The first kappa shape index (κ1) is 16.5. The van der Waals surface area contributed by atoms with Gasteiger partial charge in [0.1, 0.15) is 17.1 Å². The highest BCUT2D eigenvalue weighted by Crippen LogP contribution is 2.26. The van der Waals surface area contributed by atoms with Crippen LogP contribution in [-0.4, -0.2) is 26.8 Å². The Morgan fingerprint density at radius 3 is 2.32 bits per heavy atom. The molecular formula is C15H19NO5S. The fraction of sp³-hybridized carbons (Fsp3) is 0.400. The Morgan fingerprint density at radius 2 is 1.77 bits per heavy atom. The summed E-state index contributed by atoms with van der Waals surface area (Å²) in [5.74, 6) is 0.636. The molecule has 1 heterocycles. The van der Waals surface area contributed by atoms with E-state index >= 15 is 0 Å². The topological polar surface area (TPSA) is 76.8 Å². The van der Waals surface area contributed by atoms with Crippen LogP contribution in [0.5, 0.6) is 5.75 Å². The molecule has 0 fully saturated rings. The van der Waals surface area contributed by atoms with E-state index in [0.717, 1.165) is 4.31 Å². The van der Waals surface area contributed by atoms with E-state index in [2.05, 4.69) is 0 Å². The molecule has 0 radical (unpaired) electrons. The second kappa shape index (κ2) is 5.40. The highest BCUT2D eigenvalue weighted by Gasteiger charge is 2.20. The van der Waals surface area contributed by atoms with Crippen LogP contribution in [-0.2, 0) is 15.7 Å². The van der Waals surface area contributed by atoms with Gasteiger partial charge in [-0.15, -0.1) is 0 Å². The maximum absolute atomic E-state index is 12.2. The summed E-state index contributed by atoms with van der Waals surface area (Å²) >= 11 is 0. The van der Waals surface area contributed by atoms with E-state index in [1.54, 1.807) is 0 Å². The third-order valence-corrected chi connectivity index (χ3v) is 4.38. The van der Waals surface area contributed by atoms with Gasteiger partial charge >= 0.3 is 10.3 Å². The van der Waals surface area contributed by atoms with E-state index in [-0.39, 0.29) is 22.0 Å². The van der Waals surface area contributed by atoms with Crippen LogP contribution >= 0.6 is 0 Å². The molecule has 7 heteroatoms. The van der Waals surface area contributed by atoms with Crippen molar-refractivity contribution < 1.29 is 17.0 Å². The summed E-state index contributed by atoms with van der Waals surface area (Å²) in [7, 11) is -1.14. The normalized spacial score (nSPS) is 12.8. The van der Waals surface area contributed by atoms with E-state index < -0.39 is 10.3 Å². The van der Waals surface area contributed by atoms with E-state index in [9.17, 15) is 13.2 Å². The minimum Gasteiger partial charge on any atom is -0.460 e. The van der Waals surface area contributed by atoms with Crippen LogP contribution in [0.15, 0.2) is 33.5 Å². The minimum atomic E-state index is -3.86. The highest BCUT2D eigenvalue weighted by molar-refractivity contribution is 7.84. The van der Waals surface area contributed by atoms with Crippen molar-refractivity contribution in [3.8, 4) is 5.75 Å². The summed E-state index contributed by atoms with van der Waals surface area (Å²) in [6.45, 7) is 5.83. The molecular weight excluding hydrogens is 306 g/mol. The lowest BCUT2D eigenvalue weighted by Gasteiger charge is -2.17. The fourth-order valence-corrected chi connectivity index (χ4v) is 2.25. The van der Waals surface area contributed by atoms with Crippen LogP contribution in [0.3, 0.4) is 0 Å². The van der Waals surface area contributed by atoms with Crippen molar-refractivity contribution in [1.29, 1.82) is 0 Å². The molecule has 0 unspecified atom stereocenters. The van der Waals surface area contributed by atoms with E-state index in [1.807, 2.05) is 20.8 Å². The SMILES string of the molecule is CN(C)S(=O)(=O)Oc1ccc2oc(C(C)(C)C)cc(=O)c2c1. The van der Waals surface area contributed by atoms with Crippen LogP contribution in [0.2, 0.25) is 0 Å². The molecule has 22 heavy (non-hydrogen) atoms. The molecule has 120 valence electrons. The second-order valence-electron chi connectivity index (χ2n) is 6.21. The summed E-state index contributed by atoms with van der Waals surface area (Å²) in [5.41, 5.74) is -0.137. The van der Waals surface area contributed by atoms with Gasteiger partial charge in [0.05, 0.1) is 5.39 Å². The first-order valence-electron chi connectivity index (χ1n) is 6.71. The average Bonchev–Trinajstić information content (AvgIpc) is 2.37. The van der Waals surface area contributed by atoms with Crippen molar-refractivity contribution >= 4 is 21.3 Å². The van der Waals surface area contributed by atoms with Crippen molar-refractivity contribution in [2.45, 2.75) is 26.2 Å². The Bertz CT molecular complexity index is 860. The maximum atomic E-state index is 12.2. The molecule has 6 nitrogen and oxygen atoms in total. The molecule has 0 N–H and O–H groups in total. The Labute approximate surface area is 129 Å². The summed E-state index contributed by atoms with van der Waals surface area (Å²) < 4.78 is 35.0. The first-order chi connectivity index (χ1) is 10.0. The quantitative estimate of drug-likeness (QED) is 0.865. The zero-order valence-corrected chi connectivity index (χ0v) is 14.0. The smallest absolute Gasteiger partial charge is 0.384 e. The van der Waals surface area contributed by atoms with Crippen molar-refractivity contribution in [2.24, 2.45) is 0 Å². The Morgan fingerprint density at radius 1 is 1.14 bits per heavy atom. The van der Waals surface area contributed by atoms with Crippen LogP contribution < -0.4 is 9.61 Å². The van der Waals surface area contributed by atoms with E-state index in [0.29, 0.717) is 11.3 Å². The number of hydrogen-bond acceptors (Lipinski definition) is 5. The van der Waals surface area contributed by atoms with Gasteiger partial charge in [-0.3, -0.25) is 4.79 Å². The summed E-state index contributed by atoms with van der Waals surface area (Å²) in [6, 6.07) is 5.78. The van der Waals surface area contributed by atoms with Gasteiger partial charge in [0.2, 0.25) is 0 Å². The van der Waals surface area contributed by atoms with Crippen molar-refractivity contribution in [2.75, 3.05) is 14.1 Å².